The molecule has 0 unspecified atom stereocenters. The van der Waals surface area contributed by atoms with Crippen molar-refractivity contribution in [2.45, 2.75) is 20.0 Å². The van der Waals surface area contributed by atoms with Crippen molar-refractivity contribution in [3.8, 4) is 0 Å². The van der Waals surface area contributed by atoms with Crippen molar-refractivity contribution in [3.05, 3.63) is 31.5 Å². The number of aromatic nitrogens is 2. The van der Waals surface area contributed by atoms with E-state index >= 15 is 0 Å². The maximum absolute atomic E-state index is 12.1. The molecule has 0 atom stereocenters. The van der Waals surface area contributed by atoms with Crippen molar-refractivity contribution in [2.75, 3.05) is 13.7 Å². The number of hydrogen-bond acceptors (Lipinski definition) is 5. The minimum absolute atomic E-state index is 0.0118. The topological polar surface area (TPSA) is 99.4 Å². The zero-order chi connectivity index (χ0) is 15.3. The largest absolute Gasteiger partial charge is 0.468 e. The van der Waals surface area contributed by atoms with Crippen molar-refractivity contribution in [2.24, 2.45) is 0 Å². The lowest BCUT2D eigenvalue weighted by atomic mass is 10.5. The van der Waals surface area contributed by atoms with Crippen LogP contribution in [0.4, 0.5) is 0 Å². The summed E-state index contributed by atoms with van der Waals surface area (Å²) >= 11 is 3.03. The molecule has 0 spiro atoms. The van der Waals surface area contributed by atoms with Gasteiger partial charge in [-0.15, -0.1) is 0 Å². The predicted molar refractivity (Wildman–Crippen MR) is 73.4 cm³/mol. The first-order valence-corrected chi connectivity index (χ1v) is 6.47. The number of carbonyl (C=O) groups is 2. The monoisotopic (exact) mass is 347 g/mol. The van der Waals surface area contributed by atoms with Gasteiger partial charge in [-0.1, -0.05) is 0 Å². The lowest BCUT2D eigenvalue weighted by Crippen LogP contribution is -2.43. The van der Waals surface area contributed by atoms with Crippen LogP contribution in [-0.4, -0.2) is 34.7 Å². The van der Waals surface area contributed by atoms with E-state index in [4.69, 9.17) is 0 Å². The Kier molecular flexibility index (Phi) is 5.68. The third-order valence-corrected chi connectivity index (χ3v) is 2.98. The SMILES string of the molecule is COC(=O)Cn1cc(Br)c(=O)n(CCNC(C)=O)c1=O. The predicted octanol–water partition coefficient (Wildman–Crippen LogP) is -0.918. The molecule has 0 aliphatic heterocycles. The van der Waals surface area contributed by atoms with E-state index < -0.39 is 17.2 Å². The first-order valence-electron chi connectivity index (χ1n) is 5.68. The average molecular weight is 348 g/mol. The van der Waals surface area contributed by atoms with E-state index in [0.717, 1.165) is 9.13 Å². The van der Waals surface area contributed by atoms with E-state index in [1.807, 2.05) is 0 Å². The average Bonchev–Trinajstić information content (AvgIpc) is 2.39. The summed E-state index contributed by atoms with van der Waals surface area (Å²) in [4.78, 5) is 45.9. The molecular weight excluding hydrogens is 334 g/mol. The molecule has 0 aromatic carbocycles. The van der Waals surface area contributed by atoms with Crippen molar-refractivity contribution < 1.29 is 14.3 Å². The van der Waals surface area contributed by atoms with Crippen LogP contribution in [0.15, 0.2) is 20.3 Å². The van der Waals surface area contributed by atoms with Gasteiger partial charge in [0.2, 0.25) is 5.91 Å². The standard InChI is InChI=1S/C11H14BrN3O5/c1-7(16)13-3-4-15-10(18)8(12)5-14(11(15)19)6-9(17)20-2/h5H,3-4,6H2,1-2H3,(H,13,16). The Morgan fingerprint density at radius 3 is 2.60 bits per heavy atom. The van der Waals surface area contributed by atoms with Crippen LogP contribution >= 0.6 is 15.9 Å². The molecule has 1 aromatic rings. The molecule has 0 aliphatic rings. The number of amides is 1. The number of carbonyl (C=O) groups excluding carboxylic acids is 2. The Morgan fingerprint density at radius 2 is 2.05 bits per heavy atom. The molecule has 0 saturated heterocycles. The fourth-order valence-electron chi connectivity index (χ4n) is 1.48. The van der Waals surface area contributed by atoms with Gasteiger partial charge in [0, 0.05) is 26.2 Å². The number of ether oxygens (including phenoxy) is 1. The van der Waals surface area contributed by atoms with Crippen molar-refractivity contribution in [1.82, 2.24) is 14.5 Å². The van der Waals surface area contributed by atoms with Crippen LogP contribution in [0.25, 0.3) is 0 Å². The van der Waals surface area contributed by atoms with Crippen LogP contribution in [0.3, 0.4) is 0 Å². The molecule has 0 saturated carbocycles. The maximum Gasteiger partial charge on any atom is 0.331 e. The van der Waals surface area contributed by atoms with E-state index in [1.165, 1.54) is 20.2 Å². The summed E-state index contributed by atoms with van der Waals surface area (Å²) in [5, 5.41) is 2.49. The van der Waals surface area contributed by atoms with Crippen LogP contribution in [0.2, 0.25) is 0 Å². The van der Waals surface area contributed by atoms with Crippen molar-refractivity contribution in [3.63, 3.8) is 0 Å². The first kappa shape index (κ1) is 16.2. The molecular formula is C11H14BrN3O5. The Bertz CT molecular complexity index is 634. The number of methoxy groups -OCH3 is 1. The van der Waals surface area contributed by atoms with Gasteiger partial charge < -0.3 is 10.1 Å². The molecule has 1 amide bonds. The van der Waals surface area contributed by atoms with Crippen molar-refractivity contribution >= 4 is 27.8 Å². The summed E-state index contributed by atoms with van der Waals surface area (Å²) < 4.78 is 6.61. The molecule has 1 aromatic heterocycles. The molecule has 0 radical (unpaired) electrons. The van der Waals surface area contributed by atoms with E-state index in [1.54, 1.807) is 0 Å². The lowest BCUT2D eigenvalue weighted by Gasteiger charge is -2.10. The fourth-order valence-corrected chi connectivity index (χ4v) is 1.94. The highest BCUT2D eigenvalue weighted by Crippen LogP contribution is 1.99. The molecule has 20 heavy (non-hydrogen) atoms. The molecule has 1 heterocycles. The highest BCUT2D eigenvalue weighted by atomic mass is 79.9. The Hall–Kier alpha value is -1.90. The molecule has 1 rings (SSSR count). The number of nitrogens with one attached hydrogen (secondary N) is 1. The summed E-state index contributed by atoms with van der Waals surface area (Å²) in [7, 11) is 1.20. The summed E-state index contributed by atoms with van der Waals surface area (Å²) in [6.45, 7) is 1.19. The fraction of sp³-hybridized carbons (Fsp3) is 0.455. The van der Waals surface area contributed by atoms with E-state index in [2.05, 4.69) is 26.0 Å². The normalized spacial score (nSPS) is 10.2. The van der Waals surface area contributed by atoms with Gasteiger partial charge in [0.05, 0.1) is 11.6 Å². The molecule has 9 heteroatoms. The minimum Gasteiger partial charge on any atom is -0.468 e. The minimum atomic E-state index is -0.644. The second-order valence-electron chi connectivity index (χ2n) is 3.90. The van der Waals surface area contributed by atoms with Crippen LogP contribution in [0, 0.1) is 0 Å². The maximum atomic E-state index is 12.1. The Balaban J connectivity index is 3.09. The number of rotatable bonds is 5. The van der Waals surface area contributed by atoms with Gasteiger partial charge >= 0.3 is 11.7 Å². The number of halogens is 1. The first-order chi connectivity index (χ1) is 9.36. The van der Waals surface area contributed by atoms with Gasteiger partial charge in [-0.05, 0) is 15.9 Å². The summed E-state index contributed by atoms with van der Waals surface area (Å²) in [5.74, 6) is -0.867. The second kappa shape index (κ2) is 7.04. The van der Waals surface area contributed by atoms with E-state index in [0.29, 0.717) is 0 Å². The quantitative estimate of drug-likeness (QED) is 0.694. The van der Waals surface area contributed by atoms with Gasteiger partial charge in [-0.25, -0.2) is 4.79 Å². The zero-order valence-corrected chi connectivity index (χ0v) is 12.6. The summed E-state index contributed by atoms with van der Waals surface area (Å²) in [6.07, 6.45) is 1.23. The molecule has 110 valence electrons. The molecule has 1 N–H and O–H groups in total. The van der Waals surface area contributed by atoms with Crippen molar-refractivity contribution in [1.29, 1.82) is 0 Å². The molecule has 8 nitrogen and oxygen atoms in total. The number of nitrogens with zero attached hydrogens (tertiary/aromatic N) is 2. The van der Waals surface area contributed by atoms with Crippen LogP contribution in [-0.2, 0) is 27.4 Å². The Labute approximate surface area is 122 Å². The van der Waals surface area contributed by atoms with Gasteiger partial charge in [-0.3, -0.25) is 23.5 Å². The molecule has 0 bridgehead atoms. The summed E-state index contributed by atoms with van der Waals surface area (Å²) in [5.41, 5.74) is -1.17. The van der Waals surface area contributed by atoms with Gasteiger partial charge in [0.25, 0.3) is 5.56 Å². The molecule has 0 aliphatic carbocycles. The lowest BCUT2D eigenvalue weighted by molar-refractivity contribution is -0.141. The summed E-state index contributed by atoms with van der Waals surface area (Å²) in [6, 6.07) is 0. The third kappa shape index (κ3) is 4.05. The highest BCUT2D eigenvalue weighted by Gasteiger charge is 2.12. The van der Waals surface area contributed by atoms with Crippen LogP contribution < -0.4 is 16.6 Å². The van der Waals surface area contributed by atoms with Gasteiger partial charge in [0.1, 0.15) is 6.54 Å². The molecule has 0 fully saturated rings. The van der Waals surface area contributed by atoms with Gasteiger partial charge in [0.15, 0.2) is 0 Å². The van der Waals surface area contributed by atoms with E-state index in [9.17, 15) is 19.2 Å². The smallest absolute Gasteiger partial charge is 0.331 e. The zero-order valence-electron chi connectivity index (χ0n) is 11.0. The van der Waals surface area contributed by atoms with Crippen LogP contribution in [0.1, 0.15) is 6.92 Å². The Morgan fingerprint density at radius 1 is 1.40 bits per heavy atom. The number of hydrogen-bond donors (Lipinski definition) is 1. The van der Waals surface area contributed by atoms with Crippen LogP contribution in [0.5, 0.6) is 0 Å². The second-order valence-corrected chi connectivity index (χ2v) is 4.76. The number of esters is 1. The highest BCUT2D eigenvalue weighted by molar-refractivity contribution is 9.10. The van der Waals surface area contributed by atoms with Gasteiger partial charge in [-0.2, -0.15) is 0 Å². The third-order valence-electron chi connectivity index (χ3n) is 2.43. The van der Waals surface area contributed by atoms with E-state index in [-0.39, 0.29) is 30.0 Å².